The lowest BCUT2D eigenvalue weighted by molar-refractivity contribution is -0.116. The Morgan fingerprint density at radius 1 is 1.10 bits per heavy atom. The van der Waals surface area contributed by atoms with Crippen molar-refractivity contribution in [2.45, 2.75) is 6.54 Å². The molecule has 0 aromatic heterocycles. The largest absolute Gasteiger partial charge is 0.367 e. The Balaban J connectivity index is 1.53. The van der Waals surface area contributed by atoms with Crippen LogP contribution in [0, 0.1) is 0 Å². The summed E-state index contributed by atoms with van der Waals surface area (Å²) in [6.07, 6.45) is 0. The van der Waals surface area contributed by atoms with Gasteiger partial charge in [-0.3, -0.25) is 9.79 Å². The maximum absolute atomic E-state index is 12.0. The van der Waals surface area contributed by atoms with Crippen LogP contribution in [-0.2, 0) is 11.3 Å². The van der Waals surface area contributed by atoms with Crippen molar-refractivity contribution in [2.24, 2.45) is 4.99 Å². The molecule has 0 unspecified atom stereocenters. The van der Waals surface area contributed by atoms with Gasteiger partial charge in [-0.2, -0.15) is 0 Å². The van der Waals surface area contributed by atoms with E-state index in [1.807, 2.05) is 61.5 Å². The monoisotopic (exact) mass is 442 g/mol. The summed E-state index contributed by atoms with van der Waals surface area (Å²) in [4.78, 5) is 22.9. The van der Waals surface area contributed by atoms with E-state index < -0.39 is 0 Å². The van der Waals surface area contributed by atoms with Crippen LogP contribution in [0.2, 0.25) is 5.02 Å². The van der Waals surface area contributed by atoms with Gasteiger partial charge in [-0.25, -0.2) is 0 Å². The third kappa shape index (κ3) is 6.60. The lowest BCUT2D eigenvalue weighted by Crippen LogP contribution is -2.52. The zero-order valence-corrected chi connectivity index (χ0v) is 19.2. The van der Waals surface area contributed by atoms with Crippen molar-refractivity contribution in [3.63, 3.8) is 0 Å². The number of para-hydroxylation sites is 1. The van der Waals surface area contributed by atoms with Gasteiger partial charge in [-0.1, -0.05) is 35.9 Å². The minimum atomic E-state index is -0.0256. The van der Waals surface area contributed by atoms with Crippen LogP contribution in [0.4, 0.5) is 11.4 Å². The number of benzene rings is 2. The molecule has 31 heavy (non-hydrogen) atoms. The average molecular weight is 443 g/mol. The molecule has 0 bridgehead atoms. The smallest absolute Gasteiger partial charge is 0.238 e. The van der Waals surface area contributed by atoms with E-state index in [1.165, 1.54) is 0 Å². The zero-order chi connectivity index (χ0) is 22.2. The Hall–Kier alpha value is -2.77. The van der Waals surface area contributed by atoms with Gasteiger partial charge in [-0.05, 0) is 43.9 Å². The highest BCUT2D eigenvalue weighted by Gasteiger charge is 2.21. The summed E-state index contributed by atoms with van der Waals surface area (Å²) in [6, 6.07) is 15.9. The Bertz CT molecular complexity index is 908. The number of nitrogens with one attached hydrogen (secondary N) is 2. The summed E-state index contributed by atoms with van der Waals surface area (Å²) >= 11 is 6.35. The van der Waals surface area contributed by atoms with Crippen molar-refractivity contribution in [1.29, 1.82) is 0 Å². The van der Waals surface area contributed by atoms with Crippen LogP contribution in [0.5, 0.6) is 0 Å². The molecule has 0 saturated carbocycles. The van der Waals surface area contributed by atoms with Gasteiger partial charge in [0.1, 0.15) is 0 Å². The molecular weight excluding hydrogens is 412 g/mol. The van der Waals surface area contributed by atoms with Crippen LogP contribution in [-0.4, -0.2) is 75.5 Å². The Labute approximate surface area is 189 Å². The Morgan fingerprint density at radius 3 is 2.52 bits per heavy atom. The fraction of sp³-hybridized carbons (Fsp3) is 0.391. The number of halogens is 1. The molecular formula is C23H31ClN6O. The molecule has 0 radical (unpaired) electrons. The first-order valence-electron chi connectivity index (χ1n) is 10.4. The van der Waals surface area contributed by atoms with Gasteiger partial charge >= 0.3 is 0 Å². The van der Waals surface area contributed by atoms with E-state index in [0.29, 0.717) is 13.1 Å². The number of aliphatic imine (C=N–C) groups is 1. The number of rotatable bonds is 6. The number of nitrogens with zero attached hydrogens (tertiary/aromatic N) is 4. The fourth-order valence-electron chi connectivity index (χ4n) is 3.63. The van der Waals surface area contributed by atoms with Gasteiger partial charge in [0.25, 0.3) is 0 Å². The molecule has 1 fully saturated rings. The molecule has 1 aliphatic heterocycles. The molecule has 2 aromatic rings. The van der Waals surface area contributed by atoms with E-state index in [1.54, 1.807) is 7.05 Å². The van der Waals surface area contributed by atoms with Crippen molar-refractivity contribution in [1.82, 2.24) is 15.1 Å². The number of amides is 1. The fourth-order valence-corrected chi connectivity index (χ4v) is 3.88. The number of likely N-dealkylation sites (N-methyl/N-ethyl adjacent to an activating group) is 1. The van der Waals surface area contributed by atoms with Crippen molar-refractivity contribution >= 4 is 34.8 Å². The molecule has 166 valence electrons. The first-order valence-corrected chi connectivity index (χ1v) is 10.8. The van der Waals surface area contributed by atoms with Gasteiger partial charge in [0.05, 0.1) is 17.3 Å². The highest BCUT2D eigenvalue weighted by atomic mass is 35.5. The maximum atomic E-state index is 12.0. The molecule has 8 heteroatoms. The number of carbonyl (C=O) groups is 1. The second-order valence-electron chi connectivity index (χ2n) is 7.81. The summed E-state index contributed by atoms with van der Waals surface area (Å²) in [6.45, 7) is 4.50. The summed E-state index contributed by atoms with van der Waals surface area (Å²) < 4.78 is 0. The van der Waals surface area contributed by atoms with Crippen molar-refractivity contribution in [3.05, 3.63) is 59.1 Å². The highest BCUT2D eigenvalue weighted by Crippen LogP contribution is 2.26. The number of hydrogen-bond donors (Lipinski definition) is 2. The minimum absolute atomic E-state index is 0.0256. The van der Waals surface area contributed by atoms with Crippen LogP contribution >= 0.6 is 11.6 Å². The number of hydrogen-bond acceptors (Lipinski definition) is 4. The maximum Gasteiger partial charge on any atom is 0.238 e. The van der Waals surface area contributed by atoms with Gasteiger partial charge in [-0.15, -0.1) is 0 Å². The number of anilines is 2. The molecule has 2 aromatic carbocycles. The van der Waals surface area contributed by atoms with E-state index in [4.69, 9.17) is 11.6 Å². The average Bonchev–Trinajstić information content (AvgIpc) is 2.75. The van der Waals surface area contributed by atoms with Crippen LogP contribution < -0.4 is 15.5 Å². The van der Waals surface area contributed by atoms with E-state index in [9.17, 15) is 4.79 Å². The first-order chi connectivity index (χ1) is 15.0. The lowest BCUT2D eigenvalue weighted by Gasteiger charge is -2.38. The minimum Gasteiger partial charge on any atom is -0.367 e. The molecule has 7 nitrogen and oxygen atoms in total. The van der Waals surface area contributed by atoms with E-state index in [-0.39, 0.29) is 5.91 Å². The highest BCUT2D eigenvalue weighted by molar-refractivity contribution is 6.33. The summed E-state index contributed by atoms with van der Waals surface area (Å²) in [5, 5.41) is 7.17. The van der Waals surface area contributed by atoms with E-state index >= 15 is 0 Å². The van der Waals surface area contributed by atoms with Gasteiger partial charge in [0.2, 0.25) is 5.91 Å². The van der Waals surface area contributed by atoms with Crippen molar-refractivity contribution in [3.8, 4) is 0 Å². The molecule has 1 aliphatic rings. The normalized spacial score (nSPS) is 14.7. The molecule has 1 heterocycles. The summed E-state index contributed by atoms with van der Waals surface area (Å²) in [5.41, 5.74) is 2.97. The molecule has 2 N–H and O–H groups in total. The molecule has 1 amide bonds. The SMILES string of the molecule is CN=C(NCc1cccc(NC(=O)CN(C)C)c1)N1CCN(c2ccccc2Cl)CC1. The van der Waals surface area contributed by atoms with E-state index in [2.05, 4.69) is 31.5 Å². The predicted molar refractivity (Wildman–Crippen MR) is 129 cm³/mol. The van der Waals surface area contributed by atoms with Crippen LogP contribution in [0.25, 0.3) is 0 Å². The Kier molecular flexibility index (Phi) is 8.14. The zero-order valence-electron chi connectivity index (χ0n) is 18.4. The first kappa shape index (κ1) is 22.9. The number of carbonyl (C=O) groups excluding carboxylic acids is 1. The quantitative estimate of drug-likeness (QED) is 0.532. The predicted octanol–water partition coefficient (Wildman–Crippen LogP) is 2.74. The van der Waals surface area contributed by atoms with Crippen LogP contribution in [0.15, 0.2) is 53.5 Å². The van der Waals surface area contributed by atoms with Crippen molar-refractivity contribution < 1.29 is 4.79 Å². The van der Waals surface area contributed by atoms with E-state index in [0.717, 1.165) is 54.1 Å². The third-order valence-electron chi connectivity index (χ3n) is 5.11. The lowest BCUT2D eigenvalue weighted by atomic mass is 10.2. The van der Waals surface area contributed by atoms with Crippen LogP contribution in [0.3, 0.4) is 0 Å². The van der Waals surface area contributed by atoms with Crippen molar-refractivity contribution in [2.75, 3.05) is 64.1 Å². The molecule has 0 aliphatic carbocycles. The molecule has 0 atom stereocenters. The molecule has 3 rings (SSSR count). The summed E-state index contributed by atoms with van der Waals surface area (Å²) in [5.74, 6) is 0.850. The van der Waals surface area contributed by atoms with Gasteiger partial charge in [0, 0.05) is 45.5 Å². The van der Waals surface area contributed by atoms with Crippen LogP contribution in [0.1, 0.15) is 5.56 Å². The number of guanidine groups is 1. The molecule has 0 spiro atoms. The summed E-state index contributed by atoms with van der Waals surface area (Å²) in [7, 11) is 5.56. The molecule has 1 saturated heterocycles. The topological polar surface area (TPSA) is 63.2 Å². The third-order valence-corrected chi connectivity index (χ3v) is 5.42. The van der Waals surface area contributed by atoms with Gasteiger partial charge in [0.15, 0.2) is 5.96 Å². The second-order valence-corrected chi connectivity index (χ2v) is 8.22. The number of piperazine rings is 1. The standard InChI is InChI=1S/C23H31ClN6O/c1-25-23(30-13-11-29(12-14-30)21-10-5-4-9-20(21)24)26-16-18-7-6-8-19(15-18)27-22(31)17-28(2)3/h4-10,15H,11-14,16-17H2,1-3H3,(H,25,26)(H,27,31). The second kappa shape index (κ2) is 11.0. The Morgan fingerprint density at radius 2 is 1.84 bits per heavy atom. The van der Waals surface area contributed by atoms with Gasteiger partial charge < -0.3 is 25.3 Å².